The molecule has 0 aromatic rings. The molecule has 0 fully saturated rings. The predicted octanol–water partition coefficient (Wildman–Crippen LogP) is 1.02. The second-order valence-electron chi connectivity index (χ2n) is 2.04. The fourth-order valence-corrected chi connectivity index (χ4v) is 1.51. The first-order chi connectivity index (χ1) is 5.22. The first-order valence-corrected chi connectivity index (χ1v) is 5.05. The quantitative estimate of drug-likeness (QED) is 0.336. The SMILES string of the molecule is CCCSN[C@H](CS)C(=O)O. The van der Waals surface area contributed by atoms with Gasteiger partial charge in [-0.1, -0.05) is 18.9 Å². The maximum Gasteiger partial charge on any atom is 0.322 e. The Hall–Kier alpha value is 0.130. The molecule has 0 aromatic heterocycles. The van der Waals surface area contributed by atoms with E-state index in [2.05, 4.69) is 17.4 Å². The lowest BCUT2D eigenvalue weighted by Crippen LogP contribution is -2.34. The van der Waals surface area contributed by atoms with Gasteiger partial charge < -0.3 is 5.11 Å². The fraction of sp³-hybridized carbons (Fsp3) is 0.833. The van der Waals surface area contributed by atoms with Gasteiger partial charge in [-0.2, -0.15) is 12.6 Å². The Morgan fingerprint density at radius 1 is 1.82 bits per heavy atom. The summed E-state index contributed by atoms with van der Waals surface area (Å²) in [5, 5.41) is 8.55. The third-order valence-electron chi connectivity index (χ3n) is 1.01. The highest BCUT2D eigenvalue weighted by atomic mass is 32.2. The maximum absolute atomic E-state index is 10.4. The van der Waals surface area contributed by atoms with Crippen molar-refractivity contribution in [1.82, 2.24) is 4.72 Å². The summed E-state index contributed by atoms with van der Waals surface area (Å²) in [6.45, 7) is 2.05. The van der Waals surface area contributed by atoms with Gasteiger partial charge in [-0.15, -0.1) is 0 Å². The van der Waals surface area contributed by atoms with Gasteiger partial charge in [0.05, 0.1) is 0 Å². The molecule has 0 saturated heterocycles. The Bertz CT molecular complexity index is 121. The van der Waals surface area contributed by atoms with Crippen LogP contribution in [0.25, 0.3) is 0 Å². The van der Waals surface area contributed by atoms with Crippen LogP contribution in [-0.4, -0.2) is 28.6 Å². The zero-order valence-electron chi connectivity index (χ0n) is 6.41. The van der Waals surface area contributed by atoms with Gasteiger partial charge in [0, 0.05) is 11.5 Å². The Morgan fingerprint density at radius 2 is 2.45 bits per heavy atom. The summed E-state index contributed by atoms with van der Waals surface area (Å²) in [5.74, 6) is 0.410. The summed E-state index contributed by atoms with van der Waals surface area (Å²) in [5.41, 5.74) is 0. The van der Waals surface area contributed by atoms with Crippen LogP contribution in [0.15, 0.2) is 0 Å². The van der Waals surface area contributed by atoms with Gasteiger partial charge in [0.1, 0.15) is 6.04 Å². The minimum Gasteiger partial charge on any atom is -0.480 e. The first-order valence-electron chi connectivity index (χ1n) is 3.43. The molecule has 66 valence electrons. The van der Waals surface area contributed by atoms with Crippen LogP contribution in [0.1, 0.15) is 13.3 Å². The standard InChI is InChI=1S/C6H13NO2S2/c1-2-3-11-7-5(4-10)6(8)9/h5,7,10H,2-4H2,1H3,(H,8,9)/t5-/m1/s1. The van der Waals surface area contributed by atoms with Crippen molar-refractivity contribution < 1.29 is 9.90 Å². The van der Waals surface area contributed by atoms with Gasteiger partial charge >= 0.3 is 5.97 Å². The van der Waals surface area contributed by atoms with Crippen LogP contribution in [0.5, 0.6) is 0 Å². The molecule has 2 N–H and O–H groups in total. The Labute approximate surface area is 76.5 Å². The molecule has 1 atom stereocenters. The molecule has 0 bridgehead atoms. The van der Waals surface area contributed by atoms with E-state index in [-0.39, 0.29) is 0 Å². The molecule has 0 aliphatic rings. The number of thiol groups is 1. The number of carboxylic acid groups (broad SMARTS) is 1. The van der Waals surface area contributed by atoms with Gasteiger partial charge in [0.25, 0.3) is 0 Å². The van der Waals surface area contributed by atoms with Crippen LogP contribution in [-0.2, 0) is 4.79 Å². The molecule has 0 rings (SSSR count). The average Bonchev–Trinajstić information content (AvgIpc) is 1.97. The fourth-order valence-electron chi connectivity index (χ4n) is 0.427. The Balaban J connectivity index is 3.44. The summed E-state index contributed by atoms with van der Waals surface area (Å²) in [6, 6.07) is -0.533. The Morgan fingerprint density at radius 3 is 2.82 bits per heavy atom. The molecule has 5 heteroatoms. The molecule has 0 aliphatic heterocycles. The van der Waals surface area contributed by atoms with Crippen LogP contribution in [0.3, 0.4) is 0 Å². The second-order valence-corrected chi connectivity index (χ2v) is 3.34. The van der Waals surface area contributed by atoms with E-state index < -0.39 is 12.0 Å². The van der Waals surface area contributed by atoms with Gasteiger partial charge in [0.2, 0.25) is 0 Å². The lowest BCUT2D eigenvalue weighted by atomic mass is 10.4. The van der Waals surface area contributed by atoms with Gasteiger partial charge in [0.15, 0.2) is 0 Å². The Kier molecular flexibility index (Phi) is 6.90. The van der Waals surface area contributed by atoms with Crippen LogP contribution in [0.4, 0.5) is 0 Å². The van der Waals surface area contributed by atoms with E-state index in [1.165, 1.54) is 11.9 Å². The molecule has 0 spiro atoms. The summed E-state index contributed by atoms with van der Waals surface area (Å²) < 4.78 is 2.81. The average molecular weight is 195 g/mol. The highest BCUT2D eigenvalue weighted by Crippen LogP contribution is 2.00. The number of hydrogen-bond donors (Lipinski definition) is 3. The number of carbonyl (C=O) groups is 1. The molecule has 11 heavy (non-hydrogen) atoms. The minimum atomic E-state index is -0.844. The monoisotopic (exact) mass is 195 g/mol. The van der Waals surface area contributed by atoms with Crippen LogP contribution in [0.2, 0.25) is 0 Å². The predicted molar refractivity (Wildman–Crippen MR) is 51.2 cm³/mol. The molecule has 3 nitrogen and oxygen atoms in total. The van der Waals surface area contributed by atoms with E-state index in [4.69, 9.17) is 5.11 Å². The van der Waals surface area contributed by atoms with E-state index in [9.17, 15) is 4.79 Å². The van der Waals surface area contributed by atoms with Crippen molar-refractivity contribution in [3.63, 3.8) is 0 Å². The number of aliphatic carboxylic acids is 1. The zero-order valence-corrected chi connectivity index (χ0v) is 8.12. The lowest BCUT2D eigenvalue weighted by molar-refractivity contribution is -0.138. The summed E-state index contributed by atoms with van der Waals surface area (Å²) >= 11 is 5.33. The third-order valence-corrected chi connectivity index (χ3v) is 2.44. The number of hydrogen-bond acceptors (Lipinski definition) is 4. The van der Waals surface area contributed by atoms with Crippen LogP contribution >= 0.6 is 24.6 Å². The lowest BCUT2D eigenvalue weighted by Gasteiger charge is -2.09. The molecule has 0 saturated carbocycles. The van der Waals surface area contributed by atoms with E-state index in [0.29, 0.717) is 5.75 Å². The maximum atomic E-state index is 10.4. The zero-order chi connectivity index (χ0) is 8.69. The summed E-state index contributed by atoms with van der Waals surface area (Å²) in [4.78, 5) is 10.4. The summed E-state index contributed by atoms with van der Waals surface area (Å²) in [6.07, 6.45) is 1.04. The largest absolute Gasteiger partial charge is 0.480 e. The highest BCUT2D eigenvalue weighted by molar-refractivity contribution is 7.97. The van der Waals surface area contributed by atoms with E-state index >= 15 is 0 Å². The normalized spacial score (nSPS) is 12.9. The molecule has 0 unspecified atom stereocenters. The van der Waals surface area contributed by atoms with Crippen molar-refractivity contribution in [3.05, 3.63) is 0 Å². The van der Waals surface area contributed by atoms with E-state index in [1.807, 2.05) is 6.92 Å². The molecular formula is C6H13NO2S2. The van der Waals surface area contributed by atoms with Crippen molar-refractivity contribution in [2.45, 2.75) is 19.4 Å². The van der Waals surface area contributed by atoms with Gasteiger partial charge in [-0.05, 0) is 6.42 Å². The van der Waals surface area contributed by atoms with Gasteiger partial charge in [-0.3, -0.25) is 4.79 Å². The van der Waals surface area contributed by atoms with Crippen molar-refractivity contribution in [2.75, 3.05) is 11.5 Å². The number of nitrogens with one attached hydrogen (secondary N) is 1. The van der Waals surface area contributed by atoms with E-state index in [1.54, 1.807) is 0 Å². The van der Waals surface area contributed by atoms with Crippen molar-refractivity contribution in [1.29, 1.82) is 0 Å². The van der Waals surface area contributed by atoms with Crippen molar-refractivity contribution in [3.8, 4) is 0 Å². The number of carboxylic acids is 1. The van der Waals surface area contributed by atoms with E-state index in [0.717, 1.165) is 12.2 Å². The van der Waals surface area contributed by atoms with Crippen LogP contribution in [0, 0.1) is 0 Å². The molecule has 0 radical (unpaired) electrons. The van der Waals surface area contributed by atoms with Crippen LogP contribution < -0.4 is 4.72 Å². The molecule has 0 aliphatic carbocycles. The minimum absolute atomic E-state index is 0.325. The first kappa shape index (κ1) is 11.1. The second kappa shape index (κ2) is 6.82. The number of rotatable bonds is 6. The molecule has 0 heterocycles. The van der Waals surface area contributed by atoms with Gasteiger partial charge in [-0.25, -0.2) is 4.72 Å². The molecular weight excluding hydrogens is 182 g/mol. The molecule has 0 aromatic carbocycles. The van der Waals surface area contributed by atoms with Crippen molar-refractivity contribution in [2.24, 2.45) is 0 Å². The summed E-state index contributed by atoms with van der Waals surface area (Å²) in [7, 11) is 0. The smallest absolute Gasteiger partial charge is 0.322 e. The van der Waals surface area contributed by atoms with Crippen molar-refractivity contribution >= 4 is 30.5 Å². The topological polar surface area (TPSA) is 49.3 Å². The molecule has 0 amide bonds. The third kappa shape index (κ3) is 5.41. The highest BCUT2D eigenvalue weighted by Gasteiger charge is 2.13.